The molecule has 1 fully saturated rings. The summed E-state index contributed by atoms with van der Waals surface area (Å²) in [5.41, 5.74) is 6.36. The number of anilines is 1. The molecule has 0 amide bonds. The van der Waals surface area contributed by atoms with Crippen LogP contribution in [0.1, 0.15) is 31.5 Å². The molecular weight excluding hydrogens is 274 g/mol. The largest absolute Gasteiger partial charge is 0.377 e. The highest BCUT2D eigenvalue weighted by molar-refractivity contribution is 7.92. The van der Waals surface area contributed by atoms with Crippen molar-refractivity contribution in [1.29, 1.82) is 0 Å². The van der Waals surface area contributed by atoms with Crippen LogP contribution < -0.4 is 10.5 Å². The summed E-state index contributed by atoms with van der Waals surface area (Å²) in [7, 11) is -3.40. The minimum atomic E-state index is -3.40. The number of rotatable bonds is 5. The van der Waals surface area contributed by atoms with E-state index in [0.717, 1.165) is 12.8 Å². The van der Waals surface area contributed by atoms with Gasteiger partial charge in [0.05, 0.1) is 17.6 Å². The van der Waals surface area contributed by atoms with Crippen molar-refractivity contribution >= 4 is 26.5 Å². The Labute approximate surface area is 111 Å². The molecule has 18 heavy (non-hydrogen) atoms. The molecule has 2 atom stereocenters. The number of nitrogens with two attached hydrogens (primary N) is 1. The van der Waals surface area contributed by atoms with E-state index in [1.807, 2.05) is 0 Å². The van der Waals surface area contributed by atoms with Crippen molar-refractivity contribution in [3.63, 3.8) is 0 Å². The van der Waals surface area contributed by atoms with Crippen LogP contribution in [0.2, 0.25) is 0 Å². The van der Waals surface area contributed by atoms with Crippen molar-refractivity contribution in [3.8, 4) is 0 Å². The number of ether oxygens (including phenoxy) is 1. The zero-order chi connectivity index (χ0) is 13.2. The molecule has 8 heteroatoms. The molecule has 0 bridgehead atoms. The summed E-state index contributed by atoms with van der Waals surface area (Å²) in [6.07, 6.45) is 1.52. The Morgan fingerprint density at radius 2 is 2.50 bits per heavy atom. The third-order valence-electron chi connectivity index (χ3n) is 2.66. The standard InChI is InChI=1S/C10H17N3O3S2/c1-7(11)9-5-17-10(12-9)13-18(14,15)6-8-3-2-4-16-8/h5,7-8H,2-4,6,11H2,1H3,(H,12,13). The molecule has 1 aliphatic heterocycles. The Kier molecular flexibility index (Phi) is 4.21. The summed E-state index contributed by atoms with van der Waals surface area (Å²) in [6, 6.07) is -0.197. The fourth-order valence-electron chi connectivity index (χ4n) is 1.74. The van der Waals surface area contributed by atoms with Crippen LogP contribution >= 0.6 is 11.3 Å². The molecular formula is C10H17N3O3S2. The summed E-state index contributed by atoms with van der Waals surface area (Å²) in [6.45, 7) is 2.45. The van der Waals surface area contributed by atoms with Crippen LogP contribution in [0.15, 0.2) is 5.38 Å². The van der Waals surface area contributed by atoms with E-state index >= 15 is 0 Å². The van der Waals surface area contributed by atoms with Gasteiger partial charge in [0.1, 0.15) is 0 Å². The Balaban J connectivity index is 1.97. The monoisotopic (exact) mass is 291 g/mol. The number of thiazole rings is 1. The Morgan fingerprint density at radius 3 is 3.06 bits per heavy atom. The van der Waals surface area contributed by atoms with Gasteiger partial charge in [-0.1, -0.05) is 0 Å². The second kappa shape index (κ2) is 5.52. The third kappa shape index (κ3) is 3.64. The lowest BCUT2D eigenvalue weighted by Crippen LogP contribution is -2.25. The van der Waals surface area contributed by atoms with Gasteiger partial charge >= 0.3 is 0 Å². The van der Waals surface area contributed by atoms with Gasteiger partial charge in [0.25, 0.3) is 0 Å². The van der Waals surface area contributed by atoms with Gasteiger partial charge in [-0.25, -0.2) is 13.4 Å². The van der Waals surface area contributed by atoms with Gasteiger partial charge in [-0.15, -0.1) is 11.3 Å². The van der Waals surface area contributed by atoms with E-state index < -0.39 is 10.0 Å². The van der Waals surface area contributed by atoms with E-state index in [2.05, 4.69) is 9.71 Å². The second-order valence-corrected chi connectivity index (χ2v) is 7.01. The molecule has 0 aliphatic carbocycles. The summed E-state index contributed by atoms with van der Waals surface area (Å²) in [4.78, 5) is 4.13. The molecule has 2 heterocycles. The summed E-state index contributed by atoms with van der Waals surface area (Å²) >= 11 is 1.24. The number of aromatic nitrogens is 1. The number of hydrogen-bond donors (Lipinski definition) is 2. The van der Waals surface area contributed by atoms with Gasteiger partial charge in [0, 0.05) is 18.0 Å². The highest BCUT2D eigenvalue weighted by atomic mass is 32.2. The van der Waals surface area contributed by atoms with Gasteiger partial charge in [-0.2, -0.15) is 0 Å². The lowest BCUT2D eigenvalue weighted by Gasteiger charge is -2.10. The van der Waals surface area contributed by atoms with Crippen LogP contribution in [0.5, 0.6) is 0 Å². The molecule has 6 nitrogen and oxygen atoms in total. The van der Waals surface area contributed by atoms with Gasteiger partial charge in [0.15, 0.2) is 5.13 Å². The molecule has 3 N–H and O–H groups in total. The second-order valence-electron chi connectivity index (χ2n) is 4.38. The van der Waals surface area contributed by atoms with E-state index in [1.165, 1.54) is 11.3 Å². The lowest BCUT2D eigenvalue weighted by molar-refractivity contribution is 0.127. The average molecular weight is 291 g/mol. The molecule has 0 aromatic carbocycles. The van der Waals surface area contributed by atoms with Crippen LogP contribution in [0, 0.1) is 0 Å². The number of nitrogens with zero attached hydrogens (tertiary/aromatic N) is 1. The molecule has 0 saturated carbocycles. The predicted molar refractivity (Wildman–Crippen MR) is 71.1 cm³/mol. The molecule has 2 unspecified atom stereocenters. The number of hydrogen-bond acceptors (Lipinski definition) is 6. The van der Waals surface area contributed by atoms with E-state index in [9.17, 15) is 8.42 Å². The van der Waals surface area contributed by atoms with Crippen molar-refractivity contribution in [2.45, 2.75) is 31.9 Å². The van der Waals surface area contributed by atoms with E-state index in [1.54, 1.807) is 12.3 Å². The van der Waals surface area contributed by atoms with Crippen LogP contribution in [0.3, 0.4) is 0 Å². The highest BCUT2D eigenvalue weighted by Crippen LogP contribution is 2.21. The Morgan fingerprint density at radius 1 is 1.72 bits per heavy atom. The van der Waals surface area contributed by atoms with Crippen LogP contribution in [0.4, 0.5) is 5.13 Å². The quantitative estimate of drug-likeness (QED) is 0.846. The molecule has 1 aromatic heterocycles. The summed E-state index contributed by atoms with van der Waals surface area (Å²) < 4.78 is 31.5. The first-order chi connectivity index (χ1) is 8.46. The molecule has 1 aliphatic rings. The summed E-state index contributed by atoms with van der Waals surface area (Å²) in [5, 5.41) is 2.12. The maximum absolute atomic E-state index is 11.9. The predicted octanol–water partition coefficient (Wildman–Crippen LogP) is 1.08. The van der Waals surface area contributed by atoms with Gasteiger partial charge in [-0.3, -0.25) is 4.72 Å². The molecule has 102 valence electrons. The Hall–Kier alpha value is -0.700. The molecule has 1 aromatic rings. The SMILES string of the molecule is CC(N)c1csc(NS(=O)(=O)CC2CCCO2)n1. The van der Waals surface area contributed by atoms with Crippen LogP contribution in [-0.2, 0) is 14.8 Å². The van der Waals surface area contributed by atoms with E-state index in [-0.39, 0.29) is 17.9 Å². The fraction of sp³-hybridized carbons (Fsp3) is 0.700. The molecule has 2 rings (SSSR count). The maximum Gasteiger partial charge on any atom is 0.237 e. The van der Waals surface area contributed by atoms with Crippen LogP contribution in [-0.4, -0.2) is 31.9 Å². The van der Waals surface area contributed by atoms with E-state index in [4.69, 9.17) is 10.5 Å². The zero-order valence-electron chi connectivity index (χ0n) is 10.1. The minimum Gasteiger partial charge on any atom is -0.377 e. The molecule has 1 saturated heterocycles. The van der Waals surface area contributed by atoms with Crippen molar-refractivity contribution in [3.05, 3.63) is 11.1 Å². The minimum absolute atomic E-state index is 0.0138. The average Bonchev–Trinajstić information content (AvgIpc) is 2.87. The summed E-state index contributed by atoms with van der Waals surface area (Å²) in [5.74, 6) is -0.0138. The first-order valence-electron chi connectivity index (χ1n) is 5.79. The topological polar surface area (TPSA) is 94.3 Å². The number of sulfonamides is 1. The molecule has 0 spiro atoms. The van der Waals surface area contributed by atoms with Gasteiger partial charge in [-0.05, 0) is 19.8 Å². The van der Waals surface area contributed by atoms with Crippen LogP contribution in [0.25, 0.3) is 0 Å². The van der Waals surface area contributed by atoms with E-state index in [0.29, 0.717) is 17.4 Å². The van der Waals surface area contributed by atoms with Gasteiger partial charge in [0.2, 0.25) is 10.0 Å². The fourth-order valence-corrected chi connectivity index (χ4v) is 4.12. The Bertz CT molecular complexity index is 492. The first kappa shape index (κ1) is 13.7. The third-order valence-corrected chi connectivity index (χ3v) is 4.88. The molecule has 0 radical (unpaired) electrons. The lowest BCUT2D eigenvalue weighted by atomic mass is 10.3. The smallest absolute Gasteiger partial charge is 0.237 e. The van der Waals surface area contributed by atoms with Crippen molar-refractivity contribution in [2.24, 2.45) is 5.73 Å². The maximum atomic E-state index is 11.9. The number of nitrogens with one attached hydrogen (secondary N) is 1. The first-order valence-corrected chi connectivity index (χ1v) is 8.32. The zero-order valence-corrected chi connectivity index (χ0v) is 11.8. The van der Waals surface area contributed by atoms with Crippen molar-refractivity contribution < 1.29 is 13.2 Å². The van der Waals surface area contributed by atoms with Gasteiger partial charge < -0.3 is 10.5 Å². The van der Waals surface area contributed by atoms with Crippen molar-refractivity contribution in [1.82, 2.24) is 4.98 Å². The highest BCUT2D eigenvalue weighted by Gasteiger charge is 2.24. The van der Waals surface area contributed by atoms with Crippen molar-refractivity contribution in [2.75, 3.05) is 17.1 Å². The normalized spacial score (nSPS) is 22.0.